The Balaban J connectivity index is 1.62. The van der Waals surface area contributed by atoms with Crippen LogP contribution in [0, 0.1) is 13.8 Å². The van der Waals surface area contributed by atoms with E-state index in [0.717, 1.165) is 33.3 Å². The van der Waals surface area contributed by atoms with Gasteiger partial charge in [-0.05, 0) is 32.0 Å². The van der Waals surface area contributed by atoms with Crippen LogP contribution in [0.25, 0.3) is 5.69 Å². The number of rotatable bonds is 7. The van der Waals surface area contributed by atoms with E-state index in [4.69, 9.17) is 4.74 Å². The highest BCUT2D eigenvalue weighted by Gasteiger charge is 2.15. The fraction of sp³-hybridized carbons (Fsp3) is 0.238. The standard InChI is InChI=1S/C21H23N3O2S/c1-15-21(16(2)24(23-15)18-10-5-4-6-11-18)27-14-20(25)22-13-17-9-7-8-12-19(17)26-3/h4-12H,13-14H2,1-3H3,(H,22,25). The molecule has 1 aromatic heterocycles. The predicted octanol–water partition coefficient (Wildman–Crippen LogP) is 3.91. The lowest BCUT2D eigenvalue weighted by atomic mass is 10.2. The van der Waals surface area contributed by atoms with Crippen LogP contribution in [0.2, 0.25) is 0 Å². The molecule has 5 nitrogen and oxygen atoms in total. The summed E-state index contributed by atoms with van der Waals surface area (Å²) in [4.78, 5) is 13.3. The molecular formula is C21H23N3O2S. The van der Waals surface area contributed by atoms with E-state index in [1.807, 2.05) is 73.1 Å². The van der Waals surface area contributed by atoms with Crippen molar-refractivity contribution in [3.8, 4) is 11.4 Å². The van der Waals surface area contributed by atoms with Crippen molar-refractivity contribution in [2.75, 3.05) is 12.9 Å². The van der Waals surface area contributed by atoms with Gasteiger partial charge in [-0.1, -0.05) is 36.4 Å². The van der Waals surface area contributed by atoms with Crippen LogP contribution >= 0.6 is 11.8 Å². The summed E-state index contributed by atoms with van der Waals surface area (Å²) in [5, 5.41) is 7.58. The number of thioether (sulfide) groups is 1. The molecule has 0 unspecified atom stereocenters. The number of nitrogens with zero attached hydrogens (tertiary/aromatic N) is 2. The third-order valence-electron chi connectivity index (χ3n) is 4.24. The molecule has 140 valence electrons. The molecule has 2 aromatic carbocycles. The van der Waals surface area contributed by atoms with Crippen molar-refractivity contribution in [2.24, 2.45) is 0 Å². The predicted molar refractivity (Wildman–Crippen MR) is 109 cm³/mol. The number of carbonyl (C=O) groups is 1. The van der Waals surface area contributed by atoms with Gasteiger partial charge in [0, 0.05) is 12.1 Å². The van der Waals surface area contributed by atoms with Crippen molar-refractivity contribution in [2.45, 2.75) is 25.3 Å². The lowest BCUT2D eigenvalue weighted by Crippen LogP contribution is -2.24. The number of hydrogen-bond acceptors (Lipinski definition) is 4. The first-order valence-electron chi connectivity index (χ1n) is 8.73. The second-order valence-corrected chi connectivity index (χ2v) is 7.11. The van der Waals surface area contributed by atoms with Crippen molar-refractivity contribution in [1.82, 2.24) is 15.1 Å². The first-order chi connectivity index (χ1) is 13.1. The van der Waals surface area contributed by atoms with Crippen molar-refractivity contribution in [3.63, 3.8) is 0 Å². The van der Waals surface area contributed by atoms with Gasteiger partial charge in [0.25, 0.3) is 0 Å². The highest BCUT2D eigenvalue weighted by Crippen LogP contribution is 2.27. The molecule has 0 aliphatic heterocycles. The van der Waals surface area contributed by atoms with E-state index in [0.29, 0.717) is 12.3 Å². The summed E-state index contributed by atoms with van der Waals surface area (Å²) in [5.41, 5.74) is 3.95. The maximum atomic E-state index is 12.3. The molecule has 0 saturated heterocycles. The molecule has 1 heterocycles. The van der Waals surface area contributed by atoms with Crippen LogP contribution in [0.1, 0.15) is 17.0 Å². The fourth-order valence-electron chi connectivity index (χ4n) is 2.89. The number of para-hydroxylation sites is 2. The molecule has 27 heavy (non-hydrogen) atoms. The van der Waals surface area contributed by atoms with Gasteiger partial charge < -0.3 is 10.1 Å². The van der Waals surface area contributed by atoms with Crippen molar-refractivity contribution >= 4 is 17.7 Å². The number of ether oxygens (including phenoxy) is 1. The van der Waals surface area contributed by atoms with Gasteiger partial charge in [-0.3, -0.25) is 4.79 Å². The smallest absolute Gasteiger partial charge is 0.230 e. The molecule has 0 aliphatic rings. The van der Waals surface area contributed by atoms with Crippen LogP contribution in [0.5, 0.6) is 5.75 Å². The third-order valence-corrected chi connectivity index (χ3v) is 5.53. The maximum absolute atomic E-state index is 12.3. The largest absolute Gasteiger partial charge is 0.496 e. The first-order valence-corrected chi connectivity index (χ1v) is 9.71. The molecule has 6 heteroatoms. The van der Waals surface area contributed by atoms with Crippen LogP contribution in [0.3, 0.4) is 0 Å². The van der Waals surface area contributed by atoms with Crippen LogP contribution < -0.4 is 10.1 Å². The van der Waals surface area contributed by atoms with Gasteiger partial charge in [-0.15, -0.1) is 11.8 Å². The highest BCUT2D eigenvalue weighted by molar-refractivity contribution is 8.00. The Morgan fingerprint density at radius 2 is 1.81 bits per heavy atom. The summed E-state index contributed by atoms with van der Waals surface area (Å²) in [7, 11) is 1.63. The monoisotopic (exact) mass is 381 g/mol. The molecule has 0 spiro atoms. The number of benzene rings is 2. The van der Waals surface area contributed by atoms with E-state index in [2.05, 4.69) is 10.4 Å². The molecular weight excluding hydrogens is 358 g/mol. The van der Waals surface area contributed by atoms with E-state index in [9.17, 15) is 4.79 Å². The normalized spacial score (nSPS) is 10.6. The van der Waals surface area contributed by atoms with Crippen LogP contribution in [-0.2, 0) is 11.3 Å². The number of nitrogens with one attached hydrogen (secondary N) is 1. The summed E-state index contributed by atoms with van der Waals surface area (Å²) in [5.74, 6) is 1.11. The molecule has 0 fully saturated rings. The molecule has 0 bridgehead atoms. The van der Waals surface area contributed by atoms with Gasteiger partial charge in [0.2, 0.25) is 5.91 Å². The quantitative estimate of drug-likeness (QED) is 0.631. The third kappa shape index (κ3) is 4.52. The summed E-state index contributed by atoms with van der Waals surface area (Å²) >= 11 is 1.52. The topological polar surface area (TPSA) is 56.1 Å². The Morgan fingerprint density at radius 3 is 2.56 bits per heavy atom. The number of aryl methyl sites for hydroxylation is 1. The highest BCUT2D eigenvalue weighted by atomic mass is 32.2. The Hall–Kier alpha value is -2.73. The van der Waals surface area contributed by atoms with Gasteiger partial charge >= 0.3 is 0 Å². The molecule has 3 rings (SSSR count). The molecule has 0 atom stereocenters. The zero-order valence-corrected chi connectivity index (χ0v) is 16.5. The second kappa shape index (κ2) is 8.77. The molecule has 1 amide bonds. The van der Waals surface area contributed by atoms with E-state index >= 15 is 0 Å². The minimum absolute atomic E-state index is 0.0165. The van der Waals surface area contributed by atoms with Gasteiger partial charge in [-0.2, -0.15) is 5.10 Å². The van der Waals surface area contributed by atoms with E-state index in [-0.39, 0.29) is 5.91 Å². The van der Waals surface area contributed by atoms with E-state index in [1.165, 1.54) is 11.8 Å². The van der Waals surface area contributed by atoms with Crippen molar-refractivity contribution < 1.29 is 9.53 Å². The molecule has 1 N–H and O–H groups in total. The molecule has 0 radical (unpaired) electrons. The van der Waals surface area contributed by atoms with E-state index < -0.39 is 0 Å². The Morgan fingerprint density at radius 1 is 1.11 bits per heavy atom. The van der Waals surface area contributed by atoms with Gasteiger partial charge in [0.05, 0.1) is 34.8 Å². The summed E-state index contributed by atoms with van der Waals surface area (Å²) in [6, 6.07) is 17.7. The molecule has 3 aromatic rings. The Kier molecular flexibility index (Phi) is 6.19. The molecule has 0 aliphatic carbocycles. The van der Waals surface area contributed by atoms with Crippen molar-refractivity contribution in [1.29, 1.82) is 0 Å². The number of carbonyl (C=O) groups excluding carboxylic acids is 1. The lowest BCUT2D eigenvalue weighted by molar-refractivity contribution is -0.118. The van der Waals surface area contributed by atoms with Gasteiger partial charge in [-0.25, -0.2) is 4.68 Å². The van der Waals surface area contributed by atoms with Gasteiger partial charge in [0.1, 0.15) is 5.75 Å². The minimum Gasteiger partial charge on any atom is -0.496 e. The maximum Gasteiger partial charge on any atom is 0.230 e. The van der Waals surface area contributed by atoms with Crippen LogP contribution in [0.15, 0.2) is 59.5 Å². The Labute approximate surface area is 163 Å². The van der Waals surface area contributed by atoms with Gasteiger partial charge in [0.15, 0.2) is 0 Å². The average Bonchev–Trinajstić information content (AvgIpc) is 2.99. The summed E-state index contributed by atoms with van der Waals surface area (Å²) in [6.07, 6.45) is 0. The second-order valence-electron chi connectivity index (χ2n) is 6.12. The van der Waals surface area contributed by atoms with E-state index in [1.54, 1.807) is 7.11 Å². The minimum atomic E-state index is -0.0165. The van der Waals surface area contributed by atoms with Crippen LogP contribution in [0.4, 0.5) is 0 Å². The Bertz CT molecular complexity index is 922. The number of aromatic nitrogens is 2. The molecule has 0 saturated carbocycles. The lowest BCUT2D eigenvalue weighted by Gasteiger charge is -2.09. The number of hydrogen-bond donors (Lipinski definition) is 1. The number of amides is 1. The average molecular weight is 382 g/mol. The van der Waals surface area contributed by atoms with Crippen molar-refractivity contribution in [3.05, 3.63) is 71.5 Å². The fourth-order valence-corrected chi connectivity index (χ4v) is 3.81. The zero-order valence-electron chi connectivity index (χ0n) is 15.7. The first kappa shape index (κ1) is 19.0. The zero-order chi connectivity index (χ0) is 19.2. The number of methoxy groups -OCH3 is 1. The van der Waals surface area contributed by atoms with Crippen LogP contribution in [-0.4, -0.2) is 28.6 Å². The summed E-state index contributed by atoms with van der Waals surface area (Å²) in [6.45, 7) is 4.45. The SMILES string of the molecule is COc1ccccc1CNC(=O)CSc1c(C)nn(-c2ccccc2)c1C. The summed E-state index contributed by atoms with van der Waals surface area (Å²) < 4.78 is 7.24.